The van der Waals surface area contributed by atoms with E-state index < -0.39 is 61.1 Å². The van der Waals surface area contributed by atoms with Crippen LogP contribution in [0.1, 0.15) is 16.2 Å². The van der Waals surface area contributed by atoms with Crippen molar-refractivity contribution in [3.8, 4) is 17.1 Å². The molecule has 4 rings (SSSR count). The Labute approximate surface area is 229 Å². The van der Waals surface area contributed by atoms with Crippen molar-refractivity contribution < 1.29 is 40.6 Å². The number of nitrogens with one attached hydrogen (secondary N) is 1. The zero-order valence-electron chi connectivity index (χ0n) is 20.3. The number of aliphatic hydroxyl groups is 1. The van der Waals surface area contributed by atoms with E-state index in [0.717, 1.165) is 27.8 Å². The highest BCUT2D eigenvalue weighted by atomic mass is 35.5. The number of aliphatic hydroxyl groups excluding tert-OH is 1. The van der Waals surface area contributed by atoms with Crippen LogP contribution in [0.5, 0.6) is 0 Å². The molecule has 0 aliphatic rings. The molecule has 18 heteroatoms. The summed E-state index contributed by atoms with van der Waals surface area (Å²) in [5, 5.41) is 19.6. The quantitative estimate of drug-likeness (QED) is 0.297. The Morgan fingerprint density at radius 2 is 1.73 bits per heavy atom. The summed E-state index contributed by atoms with van der Waals surface area (Å²) in [6.45, 7) is -3.35. The molecule has 0 spiro atoms. The molecule has 0 saturated carbocycles. The molecule has 0 fully saturated rings. The van der Waals surface area contributed by atoms with Gasteiger partial charge in [-0.2, -0.15) is 26.3 Å². The number of hydrogen-bond acceptors (Lipinski definition) is 6. The van der Waals surface area contributed by atoms with Crippen LogP contribution in [0.2, 0.25) is 5.02 Å². The molecule has 4 aromatic rings. The normalized spacial score (nSPS) is 12.9. The SMILES string of the molecule is O=C(NCC(F)(F)F)c1cc(F)ccc1-n1cnc(Cn2nc(-c3ccc(Cl)cc3)n(C[C@H](O)C(F)(F)F)c2=O)n1. The highest BCUT2D eigenvalue weighted by Gasteiger charge is 2.39. The lowest BCUT2D eigenvalue weighted by molar-refractivity contribution is -0.207. The monoisotopic (exact) mass is 607 g/mol. The Balaban J connectivity index is 1.67. The molecule has 0 radical (unpaired) electrons. The number of aromatic nitrogens is 6. The first-order chi connectivity index (χ1) is 19.1. The van der Waals surface area contributed by atoms with Gasteiger partial charge in [-0.05, 0) is 42.5 Å². The maximum absolute atomic E-state index is 13.8. The summed E-state index contributed by atoms with van der Waals surface area (Å²) in [5.74, 6) is -2.54. The molecule has 41 heavy (non-hydrogen) atoms. The second-order valence-corrected chi connectivity index (χ2v) is 8.94. The lowest BCUT2D eigenvalue weighted by atomic mass is 10.1. The van der Waals surface area contributed by atoms with Crippen LogP contribution < -0.4 is 11.0 Å². The van der Waals surface area contributed by atoms with Crippen LogP contribution in [-0.4, -0.2) is 65.1 Å². The molecule has 2 heterocycles. The molecule has 218 valence electrons. The largest absolute Gasteiger partial charge is 0.416 e. The van der Waals surface area contributed by atoms with Gasteiger partial charge >= 0.3 is 18.0 Å². The zero-order chi connectivity index (χ0) is 30.1. The summed E-state index contributed by atoms with van der Waals surface area (Å²) < 4.78 is 92.8. The molecule has 2 N–H and O–H groups in total. The van der Waals surface area contributed by atoms with Gasteiger partial charge in [0.05, 0.1) is 17.8 Å². The van der Waals surface area contributed by atoms with Gasteiger partial charge in [-0.3, -0.25) is 9.36 Å². The average Bonchev–Trinajstić information content (AvgIpc) is 3.47. The molecule has 2 aromatic carbocycles. The van der Waals surface area contributed by atoms with E-state index in [-0.39, 0.29) is 22.9 Å². The summed E-state index contributed by atoms with van der Waals surface area (Å²) in [5.41, 5.74) is -1.50. The summed E-state index contributed by atoms with van der Waals surface area (Å²) in [6, 6.07) is 8.31. The fourth-order valence-electron chi connectivity index (χ4n) is 3.58. The van der Waals surface area contributed by atoms with Gasteiger partial charge in [0.25, 0.3) is 5.91 Å². The Morgan fingerprint density at radius 1 is 1.05 bits per heavy atom. The third kappa shape index (κ3) is 7.10. The fraction of sp³-hybridized carbons (Fsp3) is 0.261. The Morgan fingerprint density at radius 3 is 2.37 bits per heavy atom. The molecular weight excluding hydrogens is 591 g/mol. The van der Waals surface area contributed by atoms with Gasteiger partial charge in [0.1, 0.15) is 25.2 Å². The predicted octanol–water partition coefficient (Wildman–Crippen LogP) is 3.35. The molecular formula is C23H17ClF7N7O3. The summed E-state index contributed by atoms with van der Waals surface area (Å²) >= 11 is 5.86. The van der Waals surface area contributed by atoms with Crippen molar-refractivity contribution in [2.75, 3.05) is 6.54 Å². The number of carbonyl (C=O) groups is 1. The third-order valence-corrected chi connectivity index (χ3v) is 5.74. The fourth-order valence-corrected chi connectivity index (χ4v) is 3.71. The maximum atomic E-state index is 13.8. The molecule has 1 amide bonds. The number of carbonyl (C=O) groups excluding carboxylic acids is 1. The highest BCUT2D eigenvalue weighted by Crippen LogP contribution is 2.24. The first-order valence-corrected chi connectivity index (χ1v) is 11.7. The van der Waals surface area contributed by atoms with Gasteiger partial charge in [0.2, 0.25) is 0 Å². The summed E-state index contributed by atoms with van der Waals surface area (Å²) in [6.07, 6.45) is -11.6. The topological polar surface area (TPSA) is 120 Å². The number of alkyl halides is 6. The minimum absolute atomic E-state index is 0.151. The summed E-state index contributed by atoms with van der Waals surface area (Å²) in [7, 11) is 0. The van der Waals surface area contributed by atoms with Crippen LogP contribution in [0.4, 0.5) is 30.7 Å². The Kier molecular flexibility index (Phi) is 8.21. The zero-order valence-corrected chi connectivity index (χ0v) is 21.0. The van der Waals surface area contributed by atoms with E-state index in [2.05, 4.69) is 15.2 Å². The second-order valence-electron chi connectivity index (χ2n) is 8.50. The molecule has 0 aliphatic carbocycles. The molecule has 0 saturated heterocycles. The molecule has 2 aromatic heterocycles. The van der Waals surface area contributed by atoms with Crippen molar-refractivity contribution in [3.05, 3.63) is 81.5 Å². The van der Waals surface area contributed by atoms with Crippen LogP contribution in [0.3, 0.4) is 0 Å². The highest BCUT2D eigenvalue weighted by molar-refractivity contribution is 6.30. The molecule has 0 unspecified atom stereocenters. The van der Waals surface area contributed by atoms with Crippen LogP contribution in [0, 0.1) is 5.82 Å². The average molecular weight is 608 g/mol. The molecule has 1 atom stereocenters. The molecule has 10 nitrogen and oxygen atoms in total. The second kappa shape index (κ2) is 11.3. The van der Waals surface area contributed by atoms with E-state index in [1.165, 1.54) is 24.3 Å². The Hall–Kier alpha value is -4.25. The van der Waals surface area contributed by atoms with Crippen molar-refractivity contribution in [3.63, 3.8) is 0 Å². The minimum Gasteiger partial charge on any atom is -0.382 e. The lowest BCUT2D eigenvalue weighted by Crippen LogP contribution is -2.37. The number of benzene rings is 2. The van der Waals surface area contributed by atoms with Gasteiger partial charge < -0.3 is 10.4 Å². The first kappa shape index (κ1) is 29.7. The van der Waals surface area contributed by atoms with Crippen LogP contribution >= 0.6 is 11.6 Å². The summed E-state index contributed by atoms with van der Waals surface area (Å²) in [4.78, 5) is 29.3. The number of rotatable bonds is 8. The van der Waals surface area contributed by atoms with Crippen molar-refractivity contribution in [1.29, 1.82) is 0 Å². The lowest BCUT2D eigenvalue weighted by Gasteiger charge is -2.15. The standard InChI is InChI=1S/C23H17ClF7N7O3/c24-13-3-1-12(2-4-13)19-35-37(21(41)36(19)8-17(39)23(29,30)31)9-18-33-11-38(34-18)16-6-5-14(25)7-15(16)20(40)32-10-22(26,27)28/h1-7,11,17,39H,8-10H2,(H,32,40)/t17-/m0/s1. The molecule has 0 bridgehead atoms. The number of amides is 1. The van der Waals surface area contributed by atoms with E-state index in [9.17, 15) is 45.4 Å². The van der Waals surface area contributed by atoms with Gasteiger partial charge in [0, 0.05) is 10.6 Å². The van der Waals surface area contributed by atoms with E-state index in [0.29, 0.717) is 15.7 Å². The van der Waals surface area contributed by atoms with Crippen molar-refractivity contribution >= 4 is 17.5 Å². The predicted molar refractivity (Wildman–Crippen MR) is 128 cm³/mol. The van der Waals surface area contributed by atoms with Crippen LogP contribution in [-0.2, 0) is 13.1 Å². The van der Waals surface area contributed by atoms with Gasteiger partial charge in [-0.1, -0.05) is 11.6 Å². The molecule has 0 aliphatic heterocycles. The Bertz CT molecular complexity index is 1610. The van der Waals surface area contributed by atoms with Gasteiger partial charge in [-0.25, -0.2) is 23.5 Å². The number of halogens is 8. The van der Waals surface area contributed by atoms with Crippen LogP contribution in [0.25, 0.3) is 17.1 Å². The minimum atomic E-state index is -5.03. The van der Waals surface area contributed by atoms with E-state index in [1.54, 1.807) is 5.32 Å². The van der Waals surface area contributed by atoms with E-state index >= 15 is 0 Å². The number of nitrogens with zero attached hydrogens (tertiary/aromatic N) is 6. The number of hydrogen-bond donors (Lipinski definition) is 2. The van der Waals surface area contributed by atoms with Crippen molar-refractivity contribution in [1.82, 2.24) is 34.4 Å². The van der Waals surface area contributed by atoms with Crippen molar-refractivity contribution in [2.45, 2.75) is 31.5 Å². The van der Waals surface area contributed by atoms with Gasteiger partial charge in [0.15, 0.2) is 17.8 Å². The van der Waals surface area contributed by atoms with Crippen LogP contribution in [0.15, 0.2) is 53.6 Å². The smallest absolute Gasteiger partial charge is 0.382 e. The maximum Gasteiger partial charge on any atom is 0.416 e. The first-order valence-electron chi connectivity index (χ1n) is 11.4. The van der Waals surface area contributed by atoms with Crippen molar-refractivity contribution in [2.24, 2.45) is 0 Å². The van der Waals surface area contributed by atoms with Gasteiger partial charge in [-0.15, -0.1) is 10.2 Å². The third-order valence-electron chi connectivity index (χ3n) is 5.49. The van der Waals surface area contributed by atoms with E-state index in [1.807, 2.05) is 0 Å². The van der Waals surface area contributed by atoms with E-state index in [4.69, 9.17) is 11.6 Å².